The fourth-order valence-electron chi connectivity index (χ4n) is 3.87. The van der Waals surface area contributed by atoms with Gasteiger partial charge in [-0.1, -0.05) is 18.2 Å². The van der Waals surface area contributed by atoms with Gasteiger partial charge in [-0.3, -0.25) is 9.69 Å². The lowest BCUT2D eigenvalue weighted by molar-refractivity contribution is -0.133. The molecule has 2 aliphatic heterocycles. The molecule has 0 N–H and O–H groups in total. The predicted molar refractivity (Wildman–Crippen MR) is 108 cm³/mol. The van der Waals surface area contributed by atoms with Gasteiger partial charge in [0, 0.05) is 39.1 Å². The molecule has 2 aromatic rings. The molecule has 0 spiro atoms. The number of fused-ring (bicyclic) bond motifs is 1. The van der Waals surface area contributed by atoms with Gasteiger partial charge in [-0.2, -0.15) is 0 Å². The molecule has 0 saturated carbocycles. The van der Waals surface area contributed by atoms with E-state index >= 15 is 0 Å². The van der Waals surface area contributed by atoms with Crippen LogP contribution in [0, 0.1) is 5.82 Å². The van der Waals surface area contributed by atoms with E-state index < -0.39 is 0 Å². The Morgan fingerprint density at radius 1 is 0.897 bits per heavy atom. The molecular weight excluding hydrogens is 371 g/mol. The van der Waals surface area contributed by atoms with E-state index in [4.69, 9.17) is 9.47 Å². The zero-order valence-corrected chi connectivity index (χ0v) is 16.6. The minimum Gasteiger partial charge on any atom is -0.454 e. The molecular formula is C23H27FN2O3. The Morgan fingerprint density at radius 2 is 1.62 bits per heavy atom. The average molecular weight is 398 g/mol. The van der Waals surface area contributed by atoms with Crippen LogP contribution in [0.4, 0.5) is 4.39 Å². The molecule has 2 aromatic carbocycles. The second-order valence-corrected chi connectivity index (χ2v) is 7.68. The predicted octanol–water partition coefficient (Wildman–Crippen LogP) is 3.61. The number of rotatable bonds is 7. The van der Waals surface area contributed by atoms with Gasteiger partial charge in [-0.25, -0.2) is 4.39 Å². The number of benzene rings is 2. The highest BCUT2D eigenvalue weighted by atomic mass is 19.1. The standard InChI is InChI=1S/C23H27FN2O3/c24-20-8-5-18(6-9-20)3-1-2-4-23(27)26-13-11-25(12-14-26)16-19-7-10-21-22(15-19)29-17-28-21/h5-10,15H,1-4,11-14,16-17H2. The average Bonchev–Trinajstić information content (AvgIpc) is 3.21. The largest absolute Gasteiger partial charge is 0.454 e. The first-order chi connectivity index (χ1) is 14.2. The van der Waals surface area contributed by atoms with Crippen LogP contribution in [-0.4, -0.2) is 48.7 Å². The molecule has 2 aliphatic rings. The first-order valence-electron chi connectivity index (χ1n) is 10.3. The van der Waals surface area contributed by atoms with E-state index in [0.29, 0.717) is 13.2 Å². The summed E-state index contributed by atoms with van der Waals surface area (Å²) in [6, 6.07) is 12.7. The fraction of sp³-hybridized carbons (Fsp3) is 0.435. The van der Waals surface area contributed by atoms with Gasteiger partial charge in [0.25, 0.3) is 0 Å². The second-order valence-electron chi connectivity index (χ2n) is 7.68. The van der Waals surface area contributed by atoms with E-state index in [1.54, 1.807) is 0 Å². The van der Waals surface area contributed by atoms with Gasteiger partial charge >= 0.3 is 0 Å². The maximum absolute atomic E-state index is 12.9. The van der Waals surface area contributed by atoms with Crippen LogP contribution in [0.3, 0.4) is 0 Å². The molecule has 1 saturated heterocycles. The van der Waals surface area contributed by atoms with Crippen LogP contribution < -0.4 is 9.47 Å². The molecule has 0 radical (unpaired) electrons. The van der Waals surface area contributed by atoms with Gasteiger partial charge in [-0.05, 0) is 54.7 Å². The first kappa shape index (κ1) is 19.7. The molecule has 0 aliphatic carbocycles. The number of amides is 1. The van der Waals surface area contributed by atoms with E-state index in [-0.39, 0.29) is 11.7 Å². The second kappa shape index (κ2) is 9.27. The highest BCUT2D eigenvalue weighted by Gasteiger charge is 2.21. The number of aryl methyl sites for hydroxylation is 1. The number of carbonyl (C=O) groups is 1. The number of unbranched alkanes of at least 4 members (excludes halogenated alkanes) is 1. The summed E-state index contributed by atoms with van der Waals surface area (Å²) in [6.45, 7) is 4.48. The Hall–Kier alpha value is -2.60. The molecule has 4 rings (SSSR count). The lowest BCUT2D eigenvalue weighted by Gasteiger charge is -2.34. The lowest BCUT2D eigenvalue weighted by atomic mass is 10.1. The van der Waals surface area contributed by atoms with Crippen molar-refractivity contribution in [3.63, 3.8) is 0 Å². The molecule has 1 fully saturated rings. The highest BCUT2D eigenvalue weighted by molar-refractivity contribution is 5.76. The van der Waals surface area contributed by atoms with Crippen molar-refractivity contribution in [2.75, 3.05) is 33.0 Å². The third-order valence-electron chi connectivity index (χ3n) is 5.59. The van der Waals surface area contributed by atoms with E-state index in [0.717, 1.165) is 69.0 Å². The monoisotopic (exact) mass is 398 g/mol. The molecule has 0 aromatic heterocycles. The van der Waals surface area contributed by atoms with Crippen molar-refractivity contribution in [2.45, 2.75) is 32.2 Å². The summed E-state index contributed by atoms with van der Waals surface area (Å²) in [5, 5.41) is 0. The number of hydrogen-bond donors (Lipinski definition) is 0. The van der Waals surface area contributed by atoms with Crippen molar-refractivity contribution in [3.05, 3.63) is 59.4 Å². The number of piperazine rings is 1. The number of ether oxygens (including phenoxy) is 2. The quantitative estimate of drug-likeness (QED) is 0.668. The van der Waals surface area contributed by atoms with Crippen LogP contribution in [0.1, 0.15) is 30.4 Å². The minimum atomic E-state index is -0.207. The first-order valence-corrected chi connectivity index (χ1v) is 10.3. The Kier molecular flexibility index (Phi) is 6.30. The molecule has 2 heterocycles. The summed E-state index contributed by atoms with van der Waals surface area (Å²) in [6.07, 6.45) is 3.29. The van der Waals surface area contributed by atoms with Crippen molar-refractivity contribution in [2.24, 2.45) is 0 Å². The smallest absolute Gasteiger partial charge is 0.231 e. The number of nitrogens with zero attached hydrogens (tertiary/aromatic N) is 2. The van der Waals surface area contributed by atoms with Crippen LogP contribution in [0.5, 0.6) is 11.5 Å². The van der Waals surface area contributed by atoms with Crippen molar-refractivity contribution in [1.82, 2.24) is 9.80 Å². The zero-order valence-electron chi connectivity index (χ0n) is 16.6. The normalized spacial score (nSPS) is 16.2. The molecule has 29 heavy (non-hydrogen) atoms. The zero-order chi connectivity index (χ0) is 20.1. The Balaban J connectivity index is 1.15. The molecule has 0 bridgehead atoms. The lowest BCUT2D eigenvalue weighted by Crippen LogP contribution is -2.48. The molecule has 5 nitrogen and oxygen atoms in total. The van der Waals surface area contributed by atoms with Crippen molar-refractivity contribution < 1.29 is 18.7 Å². The van der Waals surface area contributed by atoms with Crippen LogP contribution in [0.2, 0.25) is 0 Å². The molecule has 154 valence electrons. The van der Waals surface area contributed by atoms with Gasteiger partial charge in [0.2, 0.25) is 12.7 Å². The third-order valence-corrected chi connectivity index (χ3v) is 5.59. The third kappa shape index (κ3) is 5.26. The van der Waals surface area contributed by atoms with E-state index in [1.807, 2.05) is 29.2 Å². The molecule has 0 atom stereocenters. The maximum atomic E-state index is 12.9. The van der Waals surface area contributed by atoms with Gasteiger partial charge in [0.05, 0.1) is 0 Å². The van der Waals surface area contributed by atoms with Crippen molar-refractivity contribution >= 4 is 5.91 Å². The number of carbonyl (C=O) groups excluding carboxylic acids is 1. The number of hydrogen-bond acceptors (Lipinski definition) is 4. The van der Waals surface area contributed by atoms with Gasteiger partial charge in [-0.15, -0.1) is 0 Å². The Bertz CT molecular complexity index is 833. The summed E-state index contributed by atoms with van der Waals surface area (Å²) in [7, 11) is 0. The fourth-order valence-corrected chi connectivity index (χ4v) is 3.87. The van der Waals surface area contributed by atoms with Gasteiger partial charge in [0.1, 0.15) is 5.82 Å². The van der Waals surface area contributed by atoms with Gasteiger partial charge < -0.3 is 14.4 Å². The van der Waals surface area contributed by atoms with Crippen LogP contribution in [0.25, 0.3) is 0 Å². The Morgan fingerprint density at radius 3 is 2.41 bits per heavy atom. The van der Waals surface area contributed by atoms with Crippen molar-refractivity contribution in [3.8, 4) is 11.5 Å². The summed E-state index contributed by atoms with van der Waals surface area (Å²) in [5.41, 5.74) is 2.32. The summed E-state index contributed by atoms with van der Waals surface area (Å²) < 4.78 is 23.7. The van der Waals surface area contributed by atoms with Crippen LogP contribution >= 0.6 is 0 Å². The van der Waals surface area contributed by atoms with Crippen LogP contribution in [-0.2, 0) is 17.8 Å². The van der Waals surface area contributed by atoms with Gasteiger partial charge in [0.15, 0.2) is 11.5 Å². The minimum absolute atomic E-state index is 0.207. The van der Waals surface area contributed by atoms with E-state index in [9.17, 15) is 9.18 Å². The van der Waals surface area contributed by atoms with Crippen LogP contribution in [0.15, 0.2) is 42.5 Å². The van der Waals surface area contributed by atoms with Crippen molar-refractivity contribution in [1.29, 1.82) is 0 Å². The topological polar surface area (TPSA) is 42.0 Å². The van der Waals surface area contributed by atoms with E-state index in [1.165, 1.54) is 17.7 Å². The molecule has 6 heteroatoms. The summed E-state index contributed by atoms with van der Waals surface area (Å²) in [4.78, 5) is 16.8. The highest BCUT2D eigenvalue weighted by Crippen LogP contribution is 2.32. The number of halogens is 1. The Labute approximate surface area is 171 Å². The molecule has 0 unspecified atom stereocenters. The summed E-state index contributed by atoms with van der Waals surface area (Å²) in [5.74, 6) is 1.66. The SMILES string of the molecule is O=C(CCCCc1ccc(F)cc1)N1CCN(Cc2ccc3c(c2)OCO3)CC1. The molecule has 1 amide bonds. The summed E-state index contributed by atoms with van der Waals surface area (Å²) >= 11 is 0. The van der Waals surface area contributed by atoms with E-state index in [2.05, 4.69) is 11.0 Å². The maximum Gasteiger partial charge on any atom is 0.231 e.